The van der Waals surface area contributed by atoms with Crippen molar-refractivity contribution in [1.29, 1.82) is 5.26 Å². The van der Waals surface area contributed by atoms with Gasteiger partial charge in [0.2, 0.25) is 0 Å². The largest absolute Gasteiger partial charge is 0.347 e. The fourth-order valence-electron chi connectivity index (χ4n) is 2.76. The van der Waals surface area contributed by atoms with Crippen molar-refractivity contribution < 1.29 is 14.5 Å². The predicted molar refractivity (Wildman–Crippen MR) is 90.5 cm³/mol. The third-order valence-electron chi connectivity index (χ3n) is 3.94. The van der Waals surface area contributed by atoms with Crippen LogP contribution in [0.25, 0.3) is 0 Å². The highest BCUT2D eigenvalue weighted by atomic mass is 16.2. The summed E-state index contributed by atoms with van der Waals surface area (Å²) in [5.41, 5.74) is 0.928. The maximum absolute atomic E-state index is 12.5. The average molecular weight is 329 g/mol. The molecule has 0 bridgehead atoms. The van der Waals surface area contributed by atoms with Gasteiger partial charge >= 0.3 is 0 Å². The Hall–Kier alpha value is -2.39. The summed E-state index contributed by atoms with van der Waals surface area (Å²) < 4.78 is 0. The van der Waals surface area contributed by atoms with E-state index in [1.807, 2.05) is 31.7 Å². The molecule has 1 saturated heterocycles. The SMILES string of the molecule is CC(C)(C)NC(=O)C[NH+]1CCN(C(=O)c2ccc(C#N)cc2)CC1. The van der Waals surface area contributed by atoms with Crippen LogP contribution in [0.2, 0.25) is 0 Å². The molecule has 1 aliphatic heterocycles. The quantitative estimate of drug-likeness (QED) is 0.807. The van der Waals surface area contributed by atoms with Crippen molar-refractivity contribution >= 4 is 11.8 Å². The van der Waals surface area contributed by atoms with Gasteiger partial charge in [-0.3, -0.25) is 9.59 Å². The van der Waals surface area contributed by atoms with Gasteiger partial charge in [0.25, 0.3) is 11.8 Å². The molecule has 0 radical (unpaired) electrons. The molecule has 0 atom stereocenters. The van der Waals surface area contributed by atoms with E-state index in [0.29, 0.717) is 30.8 Å². The molecule has 1 heterocycles. The van der Waals surface area contributed by atoms with Gasteiger partial charge in [0.15, 0.2) is 6.54 Å². The molecule has 6 nitrogen and oxygen atoms in total. The Morgan fingerprint density at radius 3 is 2.29 bits per heavy atom. The number of nitriles is 1. The molecule has 0 spiro atoms. The van der Waals surface area contributed by atoms with Crippen LogP contribution in [0.4, 0.5) is 0 Å². The van der Waals surface area contributed by atoms with Gasteiger partial charge in [-0.05, 0) is 45.0 Å². The highest BCUT2D eigenvalue weighted by molar-refractivity contribution is 5.94. The lowest BCUT2D eigenvalue weighted by Crippen LogP contribution is -3.16. The van der Waals surface area contributed by atoms with Crippen LogP contribution in [0.1, 0.15) is 36.7 Å². The number of nitrogens with one attached hydrogen (secondary N) is 2. The van der Waals surface area contributed by atoms with Crippen LogP contribution < -0.4 is 10.2 Å². The van der Waals surface area contributed by atoms with Gasteiger partial charge < -0.3 is 15.1 Å². The first-order valence-electron chi connectivity index (χ1n) is 8.22. The number of hydrogen-bond donors (Lipinski definition) is 2. The molecule has 2 amide bonds. The molecule has 0 unspecified atom stereocenters. The van der Waals surface area contributed by atoms with E-state index in [-0.39, 0.29) is 17.4 Å². The Bertz CT molecular complexity index is 632. The summed E-state index contributed by atoms with van der Waals surface area (Å²) in [6, 6.07) is 8.75. The third-order valence-corrected chi connectivity index (χ3v) is 3.94. The summed E-state index contributed by atoms with van der Waals surface area (Å²) in [7, 11) is 0. The van der Waals surface area contributed by atoms with Crippen LogP contribution >= 0.6 is 0 Å². The minimum Gasteiger partial charge on any atom is -0.347 e. The Morgan fingerprint density at radius 2 is 1.79 bits per heavy atom. The number of carbonyl (C=O) groups is 2. The van der Waals surface area contributed by atoms with E-state index in [0.717, 1.165) is 13.1 Å². The minimum absolute atomic E-state index is 0.0160. The maximum Gasteiger partial charge on any atom is 0.275 e. The fraction of sp³-hybridized carbons (Fsp3) is 0.500. The maximum atomic E-state index is 12.5. The number of rotatable bonds is 3. The number of carbonyl (C=O) groups excluding carboxylic acids is 2. The second-order valence-electron chi connectivity index (χ2n) is 7.21. The monoisotopic (exact) mass is 329 g/mol. The smallest absolute Gasteiger partial charge is 0.275 e. The molecule has 1 fully saturated rings. The molecule has 6 heteroatoms. The third kappa shape index (κ3) is 5.07. The van der Waals surface area contributed by atoms with Crippen LogP contribution in [0.15, 0.2) is 24.3 Å². The first-order chi connectivity index (χ1) is 11.3. The summed E-state index contributed by atoms with van der Waals surface area (Å²) in [6.45, 7) is 9.14. The Balaban J connectivity index is 1.84. The van der Waals surface area contributed by atoms with E-state index in [4.69, 9.17) is 5.26 Å². The highest BCUT2D eigenvalue weighted by Gasteiger charge is 2.26. The summed E-state index contributed by atoms with van der Waals surface area (Å²) in [6.07, 6.45) is 0. The Labute approximate surface area is 143 Å². The molecule has 0 aromatic heterocycles. The zero-order valence-electron chi connectivity index (χ0n) is 14.6. The van der Waals surface area contributed by atoms with Gasteiger partial charge in [-0.25, -0.2) is 0 Å². The van der Waals surface area contributed by atoms with Crippen molar-refractivity contribution in [2.75, 3.05) is 32.7 Å². The van der Waals surface area contributed by atoms with E-state index in [1.165, 1.54) is 4.90 Å². The lowest BCUT2D eigenvalue weighted by Gasteiger charge is -2.32. The molecule has 24 heavy (non-hydrogen) atoms. The van der Waals surface area contributed by atoms with Gasteiger partial charge in [0, 0.05) is 11.1 Å². The summed E-state index contributed by atoms with van der Waals surface area (Å²) in [5, 5.41) is 11.8. The molecule has 128 valence electrons. The van der Waals surface area contributed by atoms with E-state index in [9.17, 15) is 9.59 Å². The number of benzene rings is 1. The van der Waals surface area contributed by atoms with Crippen molar-refractivity contribution in [3.8, 4) is 6.07 Å². The van der Waals surface area contributed by atoms with Crippen LogP contribution in [0.5, 0.6) is 0 Å². The van der Waals surface area contributed by atoms with Crippen molar-refractivity contribution in [2.45, 2.75) is 26.3 Å². The topological polar surface area (TPSA) is 77.6 Å². The fourth-order valence-corrected chi connectivity index (χ4v) is 2.76. The minimum atomic E-state index is -0.218. The molecule has 1 aliphatic rings. The van der Waals surface area contributed by atoms with E-state index in [2.05, 4.69) is 5.32 Å². The molecular formula is C18H25N4O2+. The molecule has 0 aliphatic carbocycles. The average Bonchev–Trinajstić information content (AvgIpc) is 2.53. The number of hydrogen-bond acceptors (Lipinski definition) is 3. The molecule has 0 saturated carbocycles. The second-order valence-corrected chi connectivity index (χ2v) is 7.21. The Kier molecular flexibility index (Phi) is 5.58. The number of nitrogens with zero attached hydrogens (tertiary/aromatic N) is 2. The van der Waals surface area contributed by atoms with Crippen molar-refractivity contribution in [2.24, 2.45) is 0 Å². The lowest BCUT2D eigenvalue weighted by atomic mass is 10.1. The zero-order chi connectivity index (χ0) is 17.7. The van der Waals surface area contributed by atoms with Crippen LogP contribution in [0.3, 0.4) is 0 Å². The Morgan fingerprint density at radius 1 is 1.21 bits per heavy atom. The van der Waals surface area contributed by atoms with Gasteiger partial charge in [-0.2, -0.15) is 5.26 Å². The standard InChI is InChI=1S/C18H24N4O2/c1-18(2,3)20-16(23)13-21-8-10-22(11-9-21)17(24)15-6-4-14(12-19)5-7-15/h4-7H,8-11,13H2,1-3H3,(H,20,23)/p+1. The van der Waals surface area contributed by atoms with Crippen molar-refractivity contribution in [3.63, 3.8) is 0 Å². The molecule has 1 aromatic carbocycles. The summed E-state index contributed by atoms with van der Waals surface area (Å²) in [5.74, 6) is 0.0297. The normalized spacial score (nSPS) is 15.7. The van der Waals surface area contributed by atoms with E-state index < -0.39 is 0 Å². The van der Waals surface area contributed by atoms with E-state index in [1.54, 1.807) is 24.3 Å². The van der Waals surface area contributed by atoms with Crippen LogP contribution in [-0.2, 0) is 4.79 Å². The number of quaternary nitrogens is 1. The van der Waals surface area contributed by atoms with Crippen molar-refractivity contribution in [3.05, 3.63) is 35.4 Å². The second kappa shape index (κ2) is 7.45. The lowest BCUT2D eigenvalue weighted by molar-refractivity contribution is -0.896. The molecule has 2 N–H and O–H groups in total. The molecular weight excluding hydrogens is 304 g/mol. The van der Waals surface area contributed by atoms with E-state index >= 15 is 0 Å². The number of piperazine rings is 1. The molecule has 2 rings (SSSR count). The van der Waals surface area contributed by atoms with Gasteiger partial charge in [-0.15, -0.1) is 0 Å². The zero-order valence-corrected chi connectivity index (χ0v) is 14.6. The van der Waals surface area contributed by atoms with Crippen molar-refractivity contribution in [1.82, 2.24) is 10.2 Å². The number of amides is 2. The van der Waals surface area contributed by atoms with Gasteiger partial charge in [0.1, 0.15) is 0 Å². The van der Waals surface area contributed by atoms with Gasteiger partial charge in [-0.1, -0.05) is 0 Å². The van der Waals surface area contributed by atoms with Crippen LogP contribution in [-0.4, -0.2) is 55.0 Å². The van der Waals surface area contributed by atoms with Crippen LogP contribution in [0, 0.1) is 11.3 Å². The highest BCUT2D eigenvalue weighted by Crippen LogP contribution is 2.07. The first kappa shape index (κ1) is 18.0. The predicted octanol–water partition coefficient (Wildman–Crippen LogP) is -0.186. The summed E-state index contributed by atoms with van der Waals surface area (Å²) >= 11 is 0. The first-order valence-corrected chi connectivity index (χ1v) is 8.22. The van der Waals surface area contributed by atoms with Gasteiger partial charge in [0.05, 0.1) is 37.8 Å². The molecule has 1 aromatic rings. The summed E-state index contributed by atoms with van der Waals surface area (Å²) in [4.78, 5) is 27.5.